The van der Waals surface area contributed by atoms with E-state index < -0.39 is 0 Å². The molecule has 1 aliphatic heterocycles. The van der Waals surface area contributed by atoms with E-state index in [1.165, 1.54) is 0 Å². The number of rotatable bonds is 4. The molecule has 1 N–H and O–H groups in total. The number of nitrogens with one attached hydrogen (secondary N) is 1. The lowest BCUT2D eigenvalue weighted by Crippen LogP contribution is -2.27. The third-order valence-corrected chi connectivity index (χ3v) is 4.95. The predicted molar refractivity (Wildman–Crippen MR) is 107 cm³/mol. The van der Waals surface area contributed by atoms with Gasteiger partial charge in [0.15, 0.2) is 5.65 Å². The molecule has 0 unspecified atom stereocenters. The summed E-state index contributed by atoms with van der Waals surface area (Å²) in [5.41, 5.74) is 2.39. The highest BCUT2D eigenvalue weighted by molar-refractivity contribution is 6.06. The predicted octanol–water partition coefficient (Wildman–Crippen LogP) is 3.50. The van der Waals surface area contributed by atoms with Crippen LogP contribution in [0.4, 0.5) is 5.69 Å². The summed E-state index contributed by atoms with van der Waals surface area (Å²) in [6.07, 6.45) is 5.36. The second kappa shape index (κ2) is 7.42. The molecule has 0 aliphatic carbocycles. The maximum Gasteiger partial charge on any atom is 0.257 e. The summed E-state index contributed by atoms with van der Waals surface area (Å²) in [5, 5.41) is 8.01. The quantitative estimate of drug-likeness (QED) is 0.755. The third-order valence-electron chi connectivity index (χ3n) is 4.95. The van der Waals surface area contributed by atoms with E-state index in [9.17, 15) is 9.59 Å². The fraction of sp³-hybridized carbons (Fsp3) is 0.333. The van der Waals surface area contributed by atoms with Crippen molar-refractivity contribution >= 4 is 28.5 Å². The van der Waals surface area contributed by atoms with Crippen molar-refractivity contribution in [1.82, 2.24) is 19.7 Å². The average Bonchev–Trinajstić information content (AvgIpc) is 3.37. The Morgan fingerprint density at radius 3 is 2.61 bits per heavy atom. The SMILES string of the molecule is CC(C)n1ncc2cc(C(=O)Nc3cccc(C(=O)N4CCCC4)c3)cnc21. The second-order valence-corrected chi connectivity index (χ2v) is 7.35. The van der Waals surface area contributed by atoms with Crippen LogP contribution in [-0.4, -0.2) is 44.6 Å². The van der Waals surface area contributed by atoms with Gasteiger partial charge >= 0.3 is 0 Å². The summed E-state index contributed by atoms with van der Waals surface area (Å²) in [7, 11) is 0. The van der Waals surface area contributed by atoms with Crippen molar-refractivity contribution in [2.45, 2.75) is 32.7 Å². The summed E-state index contributed by atoms with van der Waals surface area (Å²) >= 11 is 0. The van der Waals surface area contributed by atoms with E-state index in [-0.39, 0.29) is 17.9 Å². The van der Waals surface area contributed by atoms with Crippen molar-refractivity contribution in [2.75, 3.05) is 18.4 Å². The number of amides is 2. The molecule has 2 amide bonds. The number of benzene rings is 1. The van der Waals surface area contributed by atoms with Gasteiger partial charge in [-0.2, -0.15) is 5.10 Å². The van der Waals surface area contributed by atoms with Gasteiger partial charge in [-0.1, -0.05) is 6.07 Å². The molecule has 28 heavy (non-hydrogen) atoms. The van der Waals surface area contributed by atoms with Gasteiger partial charge in [0.1, 0.15) is 0 Å². The topological polar surface area (TPSA) is 80.1 Å². The Labute approximate surface area is 163 Å². The standard InChI is InChI=1S/C21H23N5O2/c1-14(2)26-19-16(13-23-26)10-17(12-22-19)20(27)24-18-7-5-6-15(11-18)21(28)25-8-3-4-9-25/h5-7,10-14H,3-4,8-9H2,1-2H3,(H,24,27). The lowest BCUT2D eigenvalue weighted by molar-refractivity contribution is 0.0792. The number of aromatic nitrogens is 3. The van der Waals surface area contributed by atoms with Gasteiger partial charge in [-0.05, 0) is 51.0 Å². The minimum Gasteiger partial charge on any atom is -0.339 e. The van der Waals surface area contributed by atoms with E-state index in [1.807, 2.05) is 23.4 Å². The molecular formula is C21H23N5O2. The van der Waals surface area contributed by atoms with Crippen LogP contribution in [0, 0.1) is 0 Å². The molecule has 0 bridgehead atoms. The fourth-order valence-electron chi connectivity index (χ4n) is 3.48. The smallest absolute Gasteiger partial charge is 0.257 e. The van der Waals surface area contributed by atoms with Crippen molar-refractivity contribution in [1.29, 1.82) is 0 Å². The Kier molecular flexibility index (Phi) is 4.81. The number of hydrogen-bond acceptors (Lipinski definition) is 4. The first-order valence-electron chi connectivity index (χ1n) is 9.57. The van der Waals surface area contributed by atoms with Crippen LogP contribution in [0.25, 0.3) is 11.0 Å². The lowest BCUT2D eigenvalue weighted by atomic mass is 10.1. The lowest BCUT2D eigenvalue weighted by Gasteiger charge is -2.15. The second-order valence-electron chi connectivity index (χ2n) is 7.35. The molecular weight excluding hydrogens is 354 g/mol. The van der Waals surface area contributed by atoms with Gasteiger partial charge in [-0.15, -0.1) is 0 Å². The Hall–Kier alpha value is -3.22. The van der Waals surface area contributed by atoms with Gasteiger partial charge in [0.2, 0.25) is 0 Å². The highest BCUT2D eigenvalue weighted by Gasteiger charge is 2.20. The van der Waals surface area contributed by atoms with E-state index in [0.717, 1.165) is 37.0 Å². The summed E-state index contributed by atoms with van der Waals surface area (Å²) in [6.45, 7) is 5.66. The molecule has 7 heteroatoms. The van der Waals surface area contributed by atoms with Gasteiger partial charge in [0.25, 0.3) is 11.8 Å². The first-order valence-corrected chi connectivity index (χ1v) is 9.57. The first kappa shape index (κ1) is 18.2. The zero-order chi connectivity index (χ0) is 19.7. The van der Waals surface area contributed by atoms with Crippen molar-refractivity contribution < 1.29 is 9.59 Å². The van der Waals surface area contributed by atoms with Gasteiger partial charge in [0.05, 0.1) is 11.8 Å². The molecule has 1 aromatic carbocycles. The van der Waals surface area contributed by atoms with Crippen molar-refractivity contribution in [3.8, 4) is 0 Å². The maximum atomic E-state index is 12.7. The minimum absolute atomic E-state index is 0.0118. The van der Waals surface area contributed by atoms with Crippen molar-refractivity contribution in [2.24, 2.45) is 0 Å². The molecule has 0 saturated carbocycles. The molecule has 1 fully saturated rings. The van der Waals surface area contributed by atoms with Crippen molar-refractivity contribution in [3.63, 3.8) is 0 Å². The van der Waals surface area contributed by atoms with E-state index >= 15 is 0 Å². The molecule has 7 nitrogen and oxygen atoms in total. The van der Waals surface area contributed by atoms with Crippen LogP contribution in [0.2, 0.25) is 0 Å². The Morgan fingerprint density at radius 2 is 1.86 bits per heavy atom. The van der Waals surface area contributed by atoms with Crippen LogP contribution in [0.1, 0.15) is 53.4 Å². The minimum atomic E-state index is -0.266. The van der Waals surface area contributed by atoms with Crippen LogP contribution in [0.5, 0.6) is 0 Å². The highest BCUT2D eigenvalue weighted by Crippen LogP contribution is 2.19. The molecule has 1 aliphatic rings. The van der Waals surface area contributed by atoms with Gasteiger partial charge in [-0.25, -0.2) is 9.67 Å². The third kappa shape index (κ3) is 3.47. The summed E-state index contributed by atoms with van der Waals surface area (Å²) in [6, 6.07) is 9.04. The molecule has 3 heterocycles. The summed E-state index contributed by atoms with van der Waals surface area (Å²) in [4.78, 5) is 31.5. The van der Waals surface area contributed by atoms with E-state index in [1.54, 1.807) is 42.7 Å². The average molecular weight is 377 g/mol. The number of anilines is 1. The number of fused-ring (bicyclic) bond motifs is 1. The monoisotopic (exact) mass is 377 g/mol. The van der Waals surface area contributed by atoms with E-state index in [4.69, 9.17) is 0 Å². The van der Waals surface area contributed by atoms with Crippen LogP contribution >= 0.6 is 0 Å². The van der Waals surface area contributed by atoms with Gasteiger partial charge in [-0.3, -0.25) is 9.59 Å². The van der Waals surface area contributed by atoms with Gasteiger partial charge < -0.3 is 10.2 Å². The molecule has 0 spiro atoms. The number of nitrogens with zero attached hydrogens (tertiary/aromatic N) is 4. The number of carbonyl (C=O) groups excluding carboxylic acids is 2. The van der Waals surface area contributed by atoms with Crippen LogP contribution in [0.15, 0.2) is 42.7 Å². The largest absolute Gasteiger partial charge is 0.339 e. The van der Waals surface area contributed by atoms with Crippen molar-refractivity contribution in [3.05, 3.63) is 53.9 Å². The number of hydrogen-bond donors (Lipinski definition) is 1. The molecule has 4 rings (SSSR count). The van der Waals surface area contributed by atoms with E-state index in [2.05, 4.69) is 15.4 Å². The van der Waals surface area contributed by atoms with Crippen LogP contribution in [0.3, 0.4) is 0 Å². The fourth-order valence-corrected chi connectivity index (χ4v) is 3.48. The Bertz CT molecular complexity index is 1030. The Morgan fingerprint density at radius 1 is 1.07 bits per heavy atom. The Balaban J connectivity index is 1.52. The molecule has 0 radical (unpaired) electrons. The summed E-state index contributed by atoms with van der Waals surface area (Å²) in [5.74, 6) is -0.254. The summed E-state index contributed by atoms with van der Waals surface area (Å²) < 4.78 is 1.82. The number of carbonyl (C=O) groups is 2. The normalized spacial score (nSPS) is 14.0. The molecule has 1 saturated heterocycles. The molecule has 144 valence electrons. The number of pyridine rings is 1. The van der Waals surface area contributed by atoms with Crippen LogP contribution < -0.4 is 5.32 Å². The maximum absolute atomic E-state index is 12.7. The zero-order valence-electron chi connectivity index (χ0n) is 16.1. The van der Waals surface area contributed by atoms with Gasteiger partial charge in [0, 0.05) is 42.0 Å². The van der Waals surface area contributed by atoms with Crippen LogP contribution in [-0.2, 0) is 0 Å². The first-order chi connectivity index (χ1) is 13.5. The molecule has 3 aromatic rings. The van der Waals surface area contributed by atoms with E-state index in [0.29, 0.717) is 16.8 Å². The highest BCUT2D eigenvalue weighted by atomic mass is 16.2. The number of likely N-dealkylation sites (tertiary alicyclic amines) is 1. The molecule has 2 aromatic heterocycles. The molecule has 0 atom stereocenters. The zero-order valence-corrected chi connectivity index (χ0v) is 16.1.